The summed E-state index contributed by atoms with van der Waals surface area (Å²) in [4.78, 5) is 2.46. The molecular weight excluding hydrogens is 184 g/mol. The van der Waals surface area contributed by atoms with Crippen LogP contribution in [0.2, 0.25) is 0 Å². The van der Waals surface area contributed by atoms with Crippen LogP contribution in [-0.2, 0) is 0 Å². The van der Waals surface area contributed by atoms with Gasteiger partial charge in [0.25, 0.3) is 0 Å². The first-order valence-corrected chi connectivity index (χ1v) is 5.97. The summed E-state index contributed by atoms with van der Waals surface area (Å²) >= 11 is 0. The van der Waals surface area contributed by atoms with Gasteiger partial charge < -0.3 is 4.90 Å². The van der Waals surface area contributed by atoms with Crippen molar-refractivity contribution in [2.75, 3.05) is 18.0 Å². The number of benzene rings is 1. The van der Waals surface area contributed by atoms with Crippen molar-refractivity contribution in [2.24, 2.45) is 0 Å². The van der Waals surface area contributed by atoms with E-state index in [1.807, 2.05) is 0 Å². The molecule has 1 N–H and O–H groups in total. The lowest BCUT2D eigenvalue weighted by atomic mass is 10.1. The molecule has 0 bridgehead atoms. The van der Waals surface area contributed by atoms with Crippen LogP contribution in [0.3, 0.4) is 0 Å². The van der Waals surface area contributed by atoms with Crippen LogP contribution in [0.5, 0.6) is 0 Å². The highest BCUT2D eigenvalue weighted by Gasteiger charge is 2.18. The number of nitrogens with one attached hydrogen (secondary N) is 1. The van der Waals surface area contributed by atoms with Crippen molar-refractivity contribution in [3.8, 4) is 0 Å². The second-order valence-corrected chi connectivity index (χ2v) is 4.09. The summed E-state index contributed by atoms with van der Waals surface area (Å²) in [6.07, 6.45) is 4.47. The summed E-state index contributed by atoms with van der Waals surface area (Å²) in [6.45, 7) is 4.46. The van der Waals surface area contributed by atoms with Gasteiger partial charge in [0.05, 0.1) is 6.17 Å². The fourth-order valence-electron chi connectivity index (χ4n) is 2.30. The van der Waals surface area contributed by atoms with Gasteiger partial charge in [-0.2, -0.15) is 0 Å². The van der Waals surface area contributed by atoms with E-state index in [0.717, 1.165) is 13.1 Å². The van der Waals surface area contributed by atoms with Gasteiger partial charge in [-0.05, 0) is 44.9 Å². The first kappa shape index (κ1) is 10.5. The van der Waals surface area contributed by atoms with E-state index in [1.54, 1.807) is 0 Å². The molecule has 1 heterocycles. The second kappa shape index (κ2) is 5.17. The Bertz CT molecular complexity index is 278. The van der Waals surface area contributed by atoms with E-state index >= 15 is 0 Å². The van der Waals surface area contributed by atoms with Gasteiger partial charge >= 0.3 is 0 Å². The molecule has 82 valence electrons. The van der Waals surface area contributed by atoms with Gasteiger partial charge in [-0.25, -0.2) is 0 Å². The van der Waals surface area contributed by atoms with Crippen molar-refractivity contribution in [1.29, 1.82) is 0 Å². The third-order valence-corrected chi connectivity index (χ3v) is 3.09. The minimum Gasteiger partial charge on any atom is -0.356 e. The molecule has 1 aromatic rings. The number of anilines is 1. The maximum absolute atomic E-state index is 3.59. The van der Waals surface area contributed by atoms with Crippen LogP contribution in [0.25, 0.3) is 0 Å². The third-order valence-electron chi connectivity index (χ3n) is 3.09. The average Bonchev–Trinajstić information content (AvgIpc) is 2.33. The molecule has 0 aromatic heterocycles. The SMILES string of the molecule is CCN(c1ccccc1)C1CCCCN1. The van der Waals surface area contributed by atoms with Crippen molar-refractivity contribution < 1.29 is 0 Å². The Morgan fingerprint density at radius 1 is 1.27 bits per heavy atom. The van der Waals surface area contributed by atoms with Crippen molar-refractivity contribution in [3.05, 3.63) is 30.3 Å². The summed E-state index contributed by atoms with van der Waals surface area (Å²) in [5.74, 6) is 0. The minimum absolute atomic E-state index is 0.533. The molecule has 0 amide bonds. The van der Waals surface area contributed by atoms with Crippen molar-refractivity contribution in [3.63, 3.8) is 0 Å². The summed E-state index contributed by atoms with van der Waals surface area (Å²) in [5.41, 5.74) is 1.33. The quantitative estimate of drug-likeness (QED) is 0.814. The molecule has 0 radical (unpaired) electrons. The number of rotatable bonds is 3. The van der Waals surface area contributed by atoms with Gasteiger partial charge in [0.2, 0.25) is 0 Å². The zero-order valence-corrected chi connectivity index (χ0v) is 9.45. The van der Waals surface area contributed by atoms with Crippen LogP contribution < -0.4 is 10.2 Å². The van der Waals surface area contributed by atoms with Crippen LogP contribution in [0.4, 0.5) is 5.69 Å². The predicted octanol–water partition coefficient (Wildman–Crippen LogP) is 2.61. The molecule has 2 rings (SSSR count). The number of hydrogen-bond donors (Lipinski definition) is 1. The lowest BCUT2D eigenvalue weighted by Gasteiger charge is -2.36. The Labute approximate surface area is 92.3 Å². The standard InChI is InChI=1S/C13H20N2/c1-2-15(12-8-4-3-5-9-12)13-10-6-7-11-14-13/h3-5,8-9,13-14H,2,6-7,10-11H2,1H3. The Hall–Kier alpha value is -1.02. The zero-order chi connectivity index (χ0) is 10.5. The molecule has 0 aliphatic carbocycles. The third kappa shape index (κ3) is 2.51. The van der Waals surface area contributed by atoms with Gasteiger partial charge in [-0.1, -0.05) is 18.2 Å². The topological polar surface area (TPSA) is 15.3 Å². The van der Waals surface area contributed by atoms with E-state index < -0.39 is 0 Å². The number of para-hydroxylation sites is 1. The highest BCUT2D eigenvalue weighted by molar-refractivity contribution is 5.46. The molecule has 0 saturated carbocycles. The highest BCUT2D eigenvalue weighted by atomic mass is 15.3. The molecule has 0 spiro atoms. The first-order chi connectivity index (χ1) is 7.42. The van der Waals surface area contributed by atoms with Crippen LogP contribution in [-0.4, -0.2) is 19.3 Å². The molecule has 1 atom stereocenters. The fourth-order valence-corrected chi connectivity index (χ4v) is 2.30. The molecule has 1 unspecified atom stereocenters. The molecule has 2 heteroatoms. The fraction of sp³-hybridized carbons (Fsp3) is 0.538. The summed E-state index contributed by atoms with van der Waals surface area (Å²) < 4.78 is 0. The van der Waals surface area contributed by atoms with Gasteiger partial charge in [0.15, 0.2) is 0 Å². The van der Waals surface area contributed by atoms with Crippen LogP contribution in [0.15, 0.2) is 30.3 Å². The summed E-state index contributed by atoms with van der Waals surface area (Å²) in [5, 5.41) is 3.59. The monoisotopic (exact) mass is 204 g/mol. The van der Waals surface area contributed by atoms with Gasteiger partial charge in [-0.15, -0.1) is 0 Å². The molecular formula is C13H20N2. The minimum atomic E-state index is 0.533. The zero-order valence-electron chi connectivity index (χ0n) is 9.45. The van der Waals surface area contributed by atoms with Crippen LogP contribution in [0, 0.1) is 0 Å². The summed E-state index contributed by atoms with van der Waals surface area (Å²) in [6, 6.07) is 10.7. The Morgan fingerprint density at radius 2 is 2.07 bits per heavy atom. The lowest BCUT2D eigenvalue weighted by molar-refractivity contribution is 0.388. The van der Waals surface area contributed by atoms with Gasteiger partial charge in [0.1, 0.15) is 0 Å². The molecule has 1 aliphatic heterocycles. The molecule has 1 aliphatic rings. The van der Waals surface area contributed by atoms with Crippen molar-refractivity contribution in [1.82, 2.24) is 5.32 Å². The molecule has 1 saturated heterocycles. The highest BCUT2D eigenvalue weighted by Crippen LogP contribution is 2.19. The molecule has 1 fully saturated rings. The largest absolute Gasteiger partial charge is 0.356 e. The first-order valence-electron chi connectivity index (χ1n) is 5.97. The smallest absolute Gasteiger partial charge is 0.0795 e. The normalized spacial score (nSPS) is 21.3. The number of nitrogens with zero attached hydrogens (tertiary/aromatic N) is 1. The van der Waals surface area contributed by atoms with E-state index in [1.165, 1.54) is 24.9 Å². The van der Waals surface area contributed by atoms with E-state index in [4.69, 9.17) is 0 Å². The lowest BCUT2D eigenvalue weighted by Crippen LogP contribution is -2.48. The Balaban J connectivity index is 2.09. The Morgan fingerprint density at radius 3 is 2.67 bits per heavy atom. The number of hydrogen-bond acceptors (Lipinski definition) is 2. The predicted molar refractivity (Wildman–Crippen MR) is 65.1 cm³/mol. The maximum Gasteiger partial charge on any atom is 0.0795 e. The Kier molecular flexibility index (Phi) is 3.62. The van der Waals surface area contributed by atoms with Crippen molar-refractivity contribution >= 4 is 5.69 Å². The van der Waals surface area contributed by atoms with E-state index in [9.17, 15) is 0 Å². The molecule has 2 nitrogen and oxygen atoms in total. The van der Waals surface area contributed by atoms with E-state index in [2.05, 4.69) is 47.5 Å². The average molecular weight is 204 g/mol. The maximum atomic E-state index is 3.59. The molecule has 15 heavy (non-hydrogen) atoms. The van der Waals surface area contributed by atoms with Gasteiger partial charge in [-0.3, -0.25) is 5.32 Å². The van der Waals surface area contributed by atoms with Crippen molar-refractivity contribution in [2.45, 2.75) is 32.4 Å². The number of piperidine rings is 1. The summed E-state index contributed by atoms with van der Waals surface area (Å²) in [7, 11) is 0. The van der Waals surface area contributed by atoms with Gasteiger partial charge in [0, 0.05) is 12.2 Å². The molecule has 1 aromatic carbocycles. The van der Waals surface area contributed by atoms with Crippen LogP contribution >= 0.6 is 0 Å². The second-order valence-electron chi connectivity index (χ2n) is 4.09. The van der Waals surface area contributed by atoms with Crippen LogP contribution in [0.1, 0.15) is 26.2 Å². The van der Waals surface area contributed by atoms with E-state index in [0.29, 0.717) is 6.17 Å². The van der Waals surface area contributed by atoms with E-state index in [-0.39, 0.29) is 0 Å².